The summed E-state index contributed by atoms with van der Waals surface area (Å²) in [5.74, 6) is 1.91. The predicted octanol–water partition coefficient (Wildman–Crippen LogP) is 1.34. The van der Waals surface area contributed by atoms with Crippen LogP contribution >= 0.6 is 0 Å². The first-order valence-corrected chi connectivity index (χ1v) is 8.15. The molecule has 8 heteroatoms. The van der Waals surface area contributed by atoms with Gasteiger partial charge in [0.25, 0.3) is 5.91 Å². The SMILES string of the molecule is CN1CCN(C(=O)c2cc(Nc3ccc4c(c3)OCO4)ncn2)CC1. The normalized spacial score (nSPS) is 16.8. The Hall–Kier alpha value is -2.87. The standard InChI is InChI=1S/C17H19N5O3/c1-21-4-6-22(7-5-21)17(23)13-9-16(19-10-18-13)20-12-2-3-14-15(8-12)25-11-24-14/h2-3,8-10H,4-7,11H2,1H3,(H,18,19,20). The molecule has 1 saturated heterocycles. The molecule has 0 unspecified atom stereocenters. The zero-order valence-electron chi connectivity index (χ0n) is 13.9. The molecule has 25 heavy (non-hydrogen) atoms. The number of rotatable bonds is 3. The Bertz CT molecular complexity index is 790. The van der Waals surface area contributed by atoms with E-state index >= 15 is 0 Å². The Morgan fingerprint density at radius 2 is 1.88 bits per heavy atom. The average molecular weight is 341 g/mol. The van der Waals surface area contributed by atoms with E-state index < -0.39 is 0 Å². The van der Waals surface area contributed by atoms with Crippen LogP contribution in [0, 0.1) is 0 Å². The van der Waals surface area contributed by atoms with Crippen LogP contribution in [0.5, 0.6) is 11.5 Å². The highest BCUT2D eigenvalue weighted by Crippen LogP contribution is 2.34. The minimum Gasteiger partial charge on any atom is -0.454 e. The number of anilines is 2. The van der Waals surface area contributed by atoms with E-state index in [9.17, 15) is 4.79 Å². The molecular weight excluding hydrogens is 322 g/mol. The van der Waals surface area contributed by atoms with Crippen LogP contribution in [0.4, 0.5) is 11.5 Å². The highest BCUT2D eigenvalue weighted by Gasteiger charge is 2.22. The molecule has 4 rings (SSSR count). The molecule has 3 heterocycles. The monoisotopic (exact) mass is 341 g/mol. The Labute approximate surface area is 145 Å². The van der Waals surface area contributed by atoms with Gasteiger partial charge in [0.2, 0.25) is 6.79 Å². The molecule has 0 saturated carbocycles. The molecule has 2 aromatic rings. The lowest BCUT2D eigenvalue weighted by atomic mass is 10.2. The van der Waals surface area contributed by atoms with Crippen molar-refractivity contribution in [3.63, 3.8) is 0 Å². The lowest BCUT2D eigenvalue weighted by molar-refractivity contribution is 0.0658. The molecular formula is C17H19N5O3. The van der Waals surface area contributed by atoms with Crippen molar-refractivity contribution in [1.29, 1.82) is 0 Å². The second-order valence-corrected chi connectivity index (χ2v) is 6.08. The van der Waals surface area contributed by atoms with Crippen molar-refractivity contribution in [3.05, 3.63) is 36.3 Å². The maximum Gasteiger partial charge on any atom is 0.272 e. The van der Waals surface area contributed by atoms with Gasteiger partial charge in [-0.3, -0.25) is 4.79 Å². The second-order valence-electron chi connectivity index (χ2n) is 6.08. The van der Waals surface area contributed by atoms with Gasteiger partial charge in [0.05, 0.1) is 0 Å². The number of hydrogen-bond acceptors (Lipinski definition) is 7. The average Bonchev–Trinajstić information content (AvgIpc) is 3.10. The van der Waals surface area contributed by atoms with E-state index in [1.165, 1.54) is 6.33 Å². The molecule has 1 aromatic heterocycles. The largest absolute Gasteiger partial charge is 0.454 e. The van der Waals surface area contributed by atoms with Crippen LogP contribution in [-0.4, -0.2) is 65.7 Å². The summed E-state index contributed by atoms with van der Waals surface area (Å²) in [4.78, 5) is 25.0. The number of nitrogens with one attached hydrogen (secondary N) is 1. The third kappa shape index (κ3) is 3.34. The number of carbonyl (C=O) groups is 1. The Kier molecular flexibility index (Phi) is 4.10. The first kappa shape index (κ1) is 15.6. The quantitative estimate of drug-likeness (QED) is 0.902. The Morgan fingerprint density at radius 3 is 2.72 bits per heavy atom. The first-order chi connectivity index (χ1) is 12.2. The molecule has 130 valence electrons. The molecule has 2 aliphatic heterocycles. The van der Waals surface area contributed by atoms with Gasteiger partial charge in [-0.05, 0) is 19.2 Å². The summed E-state index contributed by atoms with van der Waals surface area (Å²) in [6, 6.07) is 7.22. The molecule has 0 aliphatic carbocycles. The zero-order chi connectivity index (χ0) is 17.2. The Balaban J connectivity index is 1.48. The van der Waals surface area contributed by atoms with Crippen molar-refractivity contribution in [1.82, 2.24) is 19.8 Å². The number of likely N-dealkylation sites (N-methyl/N-ethyl adjacent to an activating group) is 1. The number of fused-ring (bicyclic) bond motifs is 1. The van der Waals surface area contributed by atoms with Crippen LogP contribution in [0.2, 0.25) is 0 Å². The highest BCUT2D eigenvalue weighted by atomic mass is 16.7. The number of benzene rings is 1. The van der Waals surface area contributed by atoms with E-state index in [-0.39, 0.29) is 12.7 Å². The highest BCUT2D eigenvalue weighted by molar-refractivity contribution is 5.93. The maximum absolute atomic E-state index is 12.6. The van der Waals surface area contributed by atoms with E-state index in [1.54, 1.807) is 6.07 Å². The van der Waals surface area contributed by atoms with Crippen LogP contribution in [0.15, 0.2) is 30.6 Å². The third-order valence-electron chi connectivity index (χ3n) is 4.32. The molecule has 1 aromatic carbocycles. The first-order valence-electron chi connectivity index (χ1n) is 8.15. The maximum atomic E-state index is 12.6. The molecule has 1 fully saturated rings. The number of ether oxygens (including phenoxy) is 2. The number of nitrogens with zero attached hydrogens (tertiary/aromatic N) is 4. The summed E-state index contributed by atoms with van der Waals surface area (Å²) >= 11 is 0. The second kappa shape index (κ2) is 6.56. The molecule has 0 radical (unpaired) electrons. The third-order valence-corrected chi connectivity index (χ3v) is 4.32. The van der Waals surface area contributed by atoms with E-state index in [4.69, 9.17) is 9.47 Å². The van der Waals surface area contributed by atoms with Gasteiger partial charge in [0.15, 0.2) is 11.5 Å². The van der Waals surface area contributed by atoms with Crippen LogP contribution in [0.25, 0.3) is 0 Å². The minimum absolute atomic E-state index is 0.0655. The summed E-state index contributed by atoms with van der Waals surface area (Å²) < 4.78 is 10.7. The summed E-state index contributed by atoms with van der Waals surface area (Å²) in [5, 5.41) is 3.17. The van der Waals surface area contributed by atoms with Gasteiger partial charge < -0.3 is 24.6 Å². The topological polar surface area (TPSA) is 79.8 Å². The van der Waals surface area contributed by atoms with Crippen molar-refractivity contribution in [3.8, 4) is 11.5 Å². The lowest BCUT2D eigenvalue weighted by Gasteiger charge is -2.32. The smallest absolute Gasteiger partial charge is 0.272 e. The number of amides is 1. The van der Waals surface area contributed by atoms with Gasteiger partial charge in [0, 0.05) is 44.0 Å². The zero-order valence-corrected chi connectivity index (χ0v) is 13.9. The molecule has 1 amide bonds. The van der Waals surface area contributed by atoms with Crippen molar-refractivity contribution in [2.24, 2.45) is 0 Å². The van der Waals surface area contributed by atoms with Crippen molar-refractivity contribution < 1.29 is 14.3 Å². The molecule has 1 N–H and O–H groups in total. The Morgan fingerprint density at radius 1 is 1.08 bits per heavy atom. The van der Waals surface area contributed by atoms with Crippen molar-refractivity contribution in [2.75, 3.05) is 45.3 Å². The fourth-order valence-corrected chi connectivity index (χ4v) is 2.84. The van der Waals surface area contributed by atoms with Gasteiger partial charge in [-0.15, -0.1) is 0 Å². The summed E-state index contributed by atoms with van der Waals surface area (Å²) in [5.41, 5.74) is 1.20. The fraction of sp³-hybridized carbons (Fsp3) is 0.353. The predicted molar refractivity (Wildman–Crippen MR) is 91.3 cm³/mol. The summed E-state index contributed by atoms with van der Waals surface area (Å²) in [6.45, 7) is 3.41. The summed E-state index contributed by atoms with van der Waals surface area (Å²) in [6.07, 6.45) is 1.40. The number of hydrogen-bond donors (Lipinski definition) is 1. The number of piperazine rings is 1. The van der Waals surface area contributed by atoms with E-state index in [2.05, 4.69) is 27.2 Å². The van der Waals surface area contributed by atoms with E-state index in [0.717, 1.165) is 24.5 Å². The fourth-order valence-electron chi connectivity index (χ4n) is 2.84. The van der Waals surface area contributed by atoms with Crippen LogP contribution in [0.1, 0.15) is 10.5 Å². The number of aromatic nitrogens is 2. The van der Waals surface area contributed by atoms with E-state index in [1.807, 2.05) is 23.1 Å². The molecule has 0 atom stereocenters. The van der Waals surface area contributed by atoms with Gasteiger partial charge in [0.1, 0.15) is 17.8 Å². The van der Waals surface area contributed by atoms with E-state index in [0.29, 0.717) is 30.4 Å². The molecule has 0 spiro atoms. The minimum atomic E-state index is -0.0655. The van der Waals surface area contributed by atoms with Gasteiger partial charge in [-0.25, -0.2) is 9.97 Å². The van der Waals surface area contributed by atoms with Gasteiger partial charge in [-0.1, -0.05) is 0 Å². The van der Waals surface area contributed by atoms with Gasteiger partial charge >= 0.3 is 0 Å². The molecule has 8 nitrogen and oxygen atoms in total. The van der Waals surface area contributed by atoms with Crippen LogP contribution < -0.4 is 14.8 Å². The van der Waals surface area contributed by atoms with Crippen molar-refractivity contribution in [2.45, 2.75) is 0 Å². The van der Waals surface area contributed by atoms with Crippen molar-refractivity contribution >= 4 is 17.4 Å². The van der Waals surface area contributed by atoms with Crippen LogP contribution in [0.3, 0.4) is 0 Å². The molecule has 0 bridgehead atoms. The molecule has 2 aliphatic rings. The van der Waals surface area contributed by atoms with Crippen LogP contribution in [-0.2, 0) is 0 Å². The lowest BCUT2D eigenvalue weighted by Crippen LogP contribution is -2.47. The summed E-state index contributed by atoms with van der Waals surface area (Å²) in [7, 11) is 2.06. The number of carbonyl (C=O) groups excluding carboxylic acids is 1. The van der Waals surface area contributed by atoms with Gasteiger partial charge in [-0.2, -0.15) is 0 Å².